The Morgan fingerprint density at radius 1 is 1.47 bits per heavy atom. The van der Waals surface area contributed by atoms with Gasteiger partial charge < -0.3 is 9.84 Å². The van der Waals surface area contributed by atoms with E-state index in [1.54, 1.807) is 0 Å². The third-order valence-electron chi connectivity index (χ3n) is 4.02. The highest BCUT2D eigenvalue weighted by molar-refractivity contribution is 5.45. The number of hydrogen-bond donors (Lipinski definition) is 1. The fourth-order valence-corrected chi connectivity index (χ4v) is 2.38. The first-order valence-corrected chi connectivity index (χ1v) is 7.17. The molecule has 104 valence electrons. The van der Waals surface area contributed by atoms with Crippen LogP contribution in [0.25, 0.3) is 0 Å². The van der Waals surface area contributed by atoms with E-state index in [0.717, 1.165) is 25.0 Å². The van der Waals surface area contributed by atoms with E-state index >= 15 is 0 Å². The van der Waals surface area contributed by atoms with E-state index in [9.17, 15) is 5.11 Å². The van der Waals surface area contributed by atoms with Gasteiger partial charge in [-0.05, 0) is 51.7 Å². The second kappa shape index (κ2) is 5.79. The maximum Gasteiger partial charge on any atom is 0.127 e. The highest BCUT2D eigenvalue weighted by Gasteiger charge is 2.27. The van der Waals surface area contributed by atoms with Gasteiger partial charge in [-0.15, -0.1) is 0 Å². The SMILES string of the molecule is CCC1(C)C=CC2=C(/C)CCC(O)C/C=C/C=C\2O1. The zero-order valence-corrected chi connectivity index (χ0v) is 12.1. The molecule has 2 aliphatic rings. The summed E-state index contributed by atoms with van der Waals surface area (Å²) in [6.45, 7) is 6.38. The first kappa shape index (κ1) is 14.1. The Morgan fingerprint density at radius 2 is 2.26 bits per heavy atom. The maximum atomic E-state index is 9.82. The molecule has 0 spiro atoms. The lowest BCUT2D eigenvalue weighted by Crippen LogP contribution is -2.28. The highest BCUT2D eigenvalue weighted by atomic mass is 16.5. The van der Waals surface area contributed by atoms with Crippen LogP contribution in [0.1, 0.15) is 46.5 Å². The van der Waals surface area contributed by atoms with E-state index in [0.29, 0.717) is 6.42 Å². The van der Waals surface area contributed by atoms with Gasteiger partial charge in [0.1, 0.15) is 11.4 Å². The summed E-state index contributed by atoms with van der Waals surface area (Å²) in [6.07, 6.45) is 13.5. The monoisotopic (exact) mass is 260 g/mol. The molecule has 0 saturated carbocycles. The second-order valence-corrected chi connectivity index (χ2v) is 5.68. The van der Waals surface area contributed by atoms with Crippen molar-refractivity contribution in [1.29, 1.82) is 0 Å². The summed E-state index contributed by atoms with van der Waals surface area (Å²) in [5.74, 6) is 0.956. The van der Waals surface area contributed by atoms with E-state index in [1.807, 2.05) is 18.2 Å². The van der Waals surface area contributed by atoms with Crippen LogP contribution in [0.2, 0.25) is 0 Å². The molecule has 2 atom stereocenters. The van der Waals surface area contributed by atoms with Crippen molar-refractivity contribution in [2.75, 3.05) is 0 Å². The molecule has 2 heteroatoms. The molecule has 2 nitrogen and oxygen atoms in total. The Morgan fingerprint density at radius 3 is 3.00 bits per heavy atom. The van der Waals surface area contributed by atoms with Crippen LogP contribution in [0.5, 0.6) is 0 Å². The smallest absolute Gasteiger partial charge is 0.127 e. The number of aliphatic hydroxyl groups is 1. The topological polar surface area (TPSA) is 29.5 Å². The summed E-state index contributed by atoms with van der Waals surface area (Å²) in [5.41, 5.74) is 2.26. The highest BCUT2D eigenvalue weighted by Crippen LogP contribution is 2.34. The van der Waals surface area contributed by atoms with Gasteiger partial charge in [-0.2, -0.15) is 0 Å². The van der Waals surface area contributed by atoms with Crippen LogP contribution in [0.15, 0.2) is 47.3 Å². The van der Waals surface area contributed by atoms with Gasteiger partial charge in [0.25, 0.3) is 0 Å². The molecule has 2 rings (SSSR count). The predicted octanol–water partition coefficient (Wildman–Crippen LogP) is 4.04. The predicted molar refractivity (Wildman–Crippen MR) is 78.7 cm³/mol. The van der Waals surface area contributed by atoms with Gasteiger partial charge in [0.15, 0.2) is 0 Å². The number of ether oxygens (including phenoxy) is 1. The van der Waals surface area contributed by atoms with Crippen molar-refractivity contribution in [3.63, 3.8) is 0 Å². The van der Waals surface area contributed by atoms with Crippen LogP contribution in [0, 0.1) is 0 Å². The molecular weight excluding hydrogens is 236 g/mol. The Balaban J connectivity index is 2.38. The van der Waals surface area contributed by atoms with E-state index in [4.69, 9.17) is 4.74 Å². The number of hydrogen-bond acceptors (Lipinski definition) is 2. The summed E-state index contributed by atoms with van der Waals surface area (Å²) in [7, 11) is 0. The maximum absolute atomic E-state index is 9.82. The molecule has 0 radical (unpaired) electrons. The Hall–Kier alpha value is -1.28. The molecular formula is C17H24O2. The van der Waals surface area contributed by atoms with Crippen LogP contribution < -0.4 is 0 Å². The first-order valence-electron chi connectivity index (χ1n) is 7.17. The minimum atomic E-state index is -0.240. The van der Waals surface area contributed by atoms with Crippen molar-refractivity contribution in [3.8, 4) is 0 Å². The first-order chi connectivity index (χ1) is 9.04. The second-order valence-electron chi connectivity index (χ2n) is 5.68. The number of allylic oxidation sites excluding steroid dienone is 4. The molecule has 0 aromatic heterocycles. The third kappa shape index (κ3) is 3.38. The zero-order chi connectivity index (χ0) is 13.9. The quantitative estimate of drug-likeness (QED) is 0.771. The molecule has 1 aliphatic heterocycles. The Kier molecular flexibility index (Phi) is 4.31. The van der Waals surface area contributed by atoms with Gasteiger partial charge in [0.2, 0.25) is 0 Å². The van der Waals surface area contributed by atoms with E-state index in [2.05, 4.69) is 32.9 Å². The van der Waals surface area contributed by atoms with Crippen LogP contribution in [-0.4, -0.2) is 16.8 Å². The lowest BCUT2D eigenvalue weighted by Gasteiger charge is -2.33. The number of aliphatic hydroxyl groups excluding tert-OH is 1. The molecule has 0 bridgehead atoms. The van der Waals surface area contributed by atoms with Crippen LogP contribution in [-0.2, 0) is 4.74 Å². The standard InChI is InChI=1S/C17H24O2/c1-4-17(3)12-11-15-13(2)9-10-14(18)7-5-6-8-16(15)19-17/h5-6,8,11-12,14,18H,4,7,9-10H2,1-3H3/b6-5+,15-13+,16-8+. The van der Waals surface area contributed by atoms with Gasteiger partial charge in [0, 0.05) is 5.57 Å². The normalized spacial score (nSPS) is 39.8. The van der Waals surface area contributed by atoms with Crippen molar-refractivity contribution in [1.82, 2.24) is 0 Å². The number of rotatable bonds is 1. The lowest BCUT2D eigenvalue weighted by atomic mass is 9.92. The van der Waals surface area contributed by atoms with Gasteiger partial charge in [-0.3, -0.25) is 0 Å². The van der Waals surface area contributed by atoms with E-state index in [1.165, 1.54) is 11.1 Å². The summed E-state index contributed by atoms with van der Waals surface area (Å²) < 4.78 is 6.16. The molecule has 1 N–H and O–H groups in total. The molecule has 0 aromatic carbocycles. The molecule has 0 amide bonds. The van der Waals surface area contributed by atoms with Gasteiger partial charge >= 0.3 is 0 Å². The summed E-state index contributed by atoms with van der Waals surface area (Å²) >= 11 is 0. The largest absolute Gasteiger partial charge is 0.483 e. The lowest BCUT2D eigenvalue weighted by molar-refractivity contribution is 0.0583. The van der Waals surface area contributed by atoms with E-state index < -0.39 is 0 Å². The minimum Gasteiger partial charge on any atom is -0.483 e. The average Bonchev–Trinajstić information content (AvgIpc) is 2.40. The third-order valence-corrected chi connectivity index (χ3v) is 4.02. The van der Waals surface area contributed by atoms with Crippen molar-refractivity contribution in [2.24, 2.45) is 0 Å². The summed E-state index contributed by atoms with van der Waals surface area (Å²) in [6, 6.07) is 0. The minimum absolute atomic E-state index is 0.201. The van der Waals surface area contributed by atoms with Crippen LogP contribution in [0.3, 0.4) is 0 Å². The van der Waals surface area contributed by atoms with Crippen molar-refractivity contribution in [2.45, 2.75) is 58.2 Å². The zero-order valence-electron chi connectivity index (χ0n) is 12.1. The molecule has 0 aromatic rings. The van der Waals surface area contributed by atoms with Crippen molar-refractivity contribution >= 4 is 0 Å². The summed E-state index contributed by atoms with van der Waals surface area (Å²) in [4.78, 5) is 0. The molecule has 2 unspecified atom stereocenters. The summed E-state index contributed by atoms with van der Waals surface area (Å²) in [5, 5.41) is 9.82. The van der Waals surface area contributed by atoms with Crippen LogP contribution in [0.4, 0.5) is 0 Å². The molecule has 1 heterocycles. The Labute approximate surface area is 116 Å². The average molecular weight is 260 g/mol. The fraction of sp³-hybridized carbons (Fsp3) is 0.529. The molecule has 0 saturated heterocycles. The number of fused-ring (bicyclic) bond motifs is 1. The van der Waals surface area contributed by atoms with E-state index in [-0.39, 0.29) is 11.7 Å². The molecule has 1 aliphatic carbocycles. The molecule has 19 heavy (non-hydrogen) atoms. The van der Waals surface area contributed by atoms with Crippen molar-refractivity contribution < 1.29 is 9.84 Å². The van der Waals surface area contributed by atoms with Gasteiger partial charge in [0.05, 0.1) is 6.10 Å². The Bertz CT molecular complexity index is 454. The van der Waals surface area contributed by atoms with Crippen molar-refractivity contribution in [3.05, 3.63) is 47.3 Å². The fourth-order valence-electron chi connectivity index (χ4n) is 2.38. The van der Waals surface area contributed by atoms with Crippen LogP contribution >= 0.6 is 0 Å². The van der Waals surface area contributed by atoms with Gasteiger partial charge in [-0.25, -0.2) is 0 Å². The molecule has 0 fully saturated rings. The van der Waals surface area contributed by atoms with Gasteiger partial charge in [-0.1, -0.05) is 30.7 Å².